The zero-order valence-corrected chi connectivity index (χ0v) is 54.9. The number of anilines is 4. The fourth-order valence-electron chi connectivity index (χ4n) is 8.16. The number of nitrogens with two attached hydrogens (primary N) is 1. The molecule has 1 aromatic carbocycles. The van der Waals surface area contributed by atoms with E-state index in [4.69, 9.17) is 34.0 Å². The summed E-state index contributed by atoms with van der Waals surface area (Å²) in [4.78, 5) is 171. The van der Waals surface area contributed by atoms with Gasteiger partial charge in [-0.1, -0.05) is 35.0 Å². The minimum atomic E-state index is -1.25. The van der Waals surface area contributed by atoms with Gasteiger partial charge < -0.3 is 109 Å². The normalized spacial score (nSPS) is 13.4. The van der Waals surface area contributed by atoms with Crippen LogP contribution in [0, 0.1) is 0 Å². The molecule has 6 aromatic rings. The Hall–Kier alpha value is -12.3. The Bertz CT molecular complexity index is 4400. The van der Waals surface area contributed by atoms with E-state index in [1.165, 1.54) is 100 Å². The molecule has 0 unspecified atom stereocenters. The number of carbonyl (C=O) groups is 7. The third-order valence-corrected chi connectivity index (χ3v) is 14.0. The van der Waals surface area contributed by atoms with Gasteiger partial charge in [0.05, 0.1) is 86.7 Å². The summed E-state index contributed by atoms with van der Waals surface area (Å²) in [6.45, 7) is 6.29. The summed E-state index contributed by atoms with van der Waals surface area (Å²) < 4.78 is 9.08. The minimum absolute atomic E-state index is 0.0133. The molecule has 20 N–H and O–H groups in total. The number of halogens is 2. The minimum Gasteiger partial charge on any atom is -0.506 e. The Balaban J connectivity index is 0.000000204. The number of methoxy groups -OCH3 is 2. The highest BCUT2D eigenvalue weighted by Crippen LogP contribution is 2.36. The van der Waals surface area contributed by atoms with Crippen molar-refractivity contribution >= 4 is 134 Å². The molecular weight excluding hydrogens is 1370 g/mol. The summed E-state index contributed by atoms with van der Waals surface area (Å²) >= 11 is 13.0. The van der Waals surface area contributed by atoms with Crippen LogP contribution in [-0.4, -0.2) is 190 Å². The first-order chi connectivity index (χ1) is 47.2. The van der Waals surface area contributed by atoms with Crippen LogP contribution in [0.1, 0.15) is 76.7 Å². The highest BCUT2D eigenvalue weighted by atomic mass is 35.5. The van der Waals surface area contributed by atoms with Gasteiger partial charge in [-0.15, -0.1) is 0 Å². The van der Waals surface area contributed by atoms with Crippen LogP contribution in [0.15, 0.2) is 122 Å². The maximum Gasteiger partial charge on any atom is 0.339 e. The number of aromatic nitrogens is 5. The number of aliphatic carboxylic acids is 1. The quantitative estimate of drug-likeness (QED) is 0.0267. The lowest BCUT2D eigenvalue weighted by molar-refractivity contribution is -0.137. The van der Waals surface area contributed by atoms with Crippen molar-refractivity contribution in [3.63, 3.8) is 0 Å². The number of H-pyrrole nitrogens is 5. The second-order valence-corrected chi connectivity index (χ2v) is 21.7. The number of Topliss-reactive ketones (excluding diaryl/α,β-unsaturated/α-hetero) is 1. The van der Waals surface area contributed by atoms with Crippen LogP contribution in [0.4, 0.5) is 28.4 Å². The van der Waals surface area contributed by atoms with E-state index in [0.29, 0.717) is 74.4 Å². The molecule has 9 heterocycles. The van der Waals surface area contributed by atoms with Gasteiger partial charge in [0.25, 0.3) is 33.7 Å². The molecule has 0 fully saturated rings. The number of phenols is 1. The molecule has 4 aliphatic rings. The molecule has 0 bridgehead atoms. The summed E-state index contributed by atoms with van der Waals surface area (Å²) in [6.07, 6.45) is 7.48. The highest BCUT2D eigenvalue weighted by molar-refractivity contribution is 8.13. The highest BCUT2D eigenvalue weighted by Gasteiger charge is 2.24. The Morgan fingerprint density at radius 1 is 0.586 bits per heavy atom. The van der Waals surface area contributed by atoms with Gasteiger partial charge >= 0.3 is 23.9 Å². The number of ether oxygens (including phenoxy) is 2. The number of carbonyl (C=O) groups excluding carboxylic acids is 5. The second kappa shape index (κ2) is 37.1. The first-order valence-electron chi connectivity index (χ1n) is 28.9. The van der Waals surface area contributed by atoms with Crippen LogP contribution in [0.5, 0.6) is 5.75 Å². The lowest BCUT2D eigenvalue weighted by atomic mass is 10.0. The number of nitrogens with one attached hydrogen (secondary N) is 15. The lowest BCUT2D eigenvalue weighted by Gasteiger charge is -2.19. The van der Waals surface area contributed by atoms with Crippen LogP contribution in [0.25, 0.3) is 0 Å². The van der Waals surface area contributed by atoms with E-state index in [-0.39, 0.29) is 88.2 Å². The van der Waals surface area contributed by atoms with Crippen LogP contribution in [0.2, 0.25) is 10.0 Å². The number of rotatable bonds is 16. The van der Waals surface area contributed by atoms with Gasteiger partial charge in [0.1, 0.15) is 34.2 Å². The molecule has 0 saturated heterocycles. The maximum atomic E-state index is 12.5. The van der Waals surface area contributed by atoms with Crippen molar-refractivity contribution in [2.75, 3.05) is 101 Å². The van der Waals surface area contributed by atoms with Crippen molar-refractivity contribution in [3.8, 4) is 5.75 Å². The predicted molar refractivity (Wildman–Crippen MR) is 369 cm³/mol. The number of aromatic carboxylic acids is 1. The number of carboxylic acids is 2. The molecule has 0 saturated carbocycles. The number of hydrogen-bond donors (Lipinski definition) is 19. The molecule has 5 aromatic heterocycles. The zero-order valence-electron chi connectivity index (χ0n) is 52.6. The number of aromatic amines is 5. The summed E-state index contributed by atoms with van der Waals surface area (Å²) in [7, 11) is 2.54. The van der Waals surface area contributed by atoms with Gasteiger partial charge in [-0.2, -0.15) is 0 Å². The number of benzene rings is 1. The standard InChI is InChI=1S/C20H20Cl2N6O6.C10H12N4O3.C10H12N4O2.C9H10N4O3.C9H11N3O3S/c21-10-4-11(17(32)12(22)5-10)13(6-16(30)31)27-15(29)8-26-18(33)9-3-14(19(34)25-7-9)28-20-23-1-2-24-20;1-17-9(16)6-4-7(8(15)13-5-6)14-10-11-2-3-12-10;1-6(15)7-4-8(9(16)13-5-7)14-10-11-2-3-12-10;14-7-6(13-9-10-1-2-11-9)3-5(4-12-7)8(15)16;1-15-8(14)5-3-6(7(13)11-4-5)12-9(10)16-2/h3-5,7,13,32H,1-2,6,8H2,(H,25,34)(H,26,33)(H,27,29)(H,30,31)(H2,23,24,28);4-5H,2-3H2,1H3,(H,13,15)(H2,11,12,14);4-5H,2-3H2,1H3,(H,13,16)(H2,11,12,14);3-4H,1-2H2,(H,12,14)(H,15,16)(H2,10,11,13);3-4H,1-2H3,(H2,10,12)(H,11,13)/t13-;;;;/m1..../s1. The van der Waals surface area contributed by atoms with Crippen molar-refractivity contribution < 1.29 is 58.4 Å². The van der Waals surface area contributed by atoms with Crippen LogP contribution < -0.4 is 86.7 Å². The van der Waals surface area contributed by atoms with E-state index >= 15 is 0 Å². The smallest absolute Gasteiger partial charge is 0.339 e. The molecule has 99 heavy (non-hydrogen) atoms. The topological polar surface area (TPSA) is 571 Å². The number of guanidine groups is 4. The lowest BCUT2D eigenvalue weighted by Crippen LogP contribution is -2.39. The number of amidine groups is 1. The second-order valence-electron chi connectivity index (χ2n) is 20.0. The molecule has 0 radical (unpaired) electrons. The van der Waals surface area contributed by atoms with Gasteiger partial charge in [0, 0.05) is 73.3 Å². The Kier molecular flexibility index (Phi) is 28.4. The van der Waals surface area contributed by atoms with Crippen LogP contribution >= 0.6 is 35.0 Å². The van der Waals surface area contributed by atoms with Crippen molar-refractivity contribution in [2.24, 2.45) is 30.7 Å². The SMILES string of the molecule is CC(=O)c1c[nH]c(=O)c(NC2=NCCN2)c1.COC(=O)c1c[nH]c(=O)c(N=C(N)SC)c1.COC(=O)c1c[nH]c(=O)c(NC2=NCCN2)c1.O=C(O)C[C@@H](NC(=O)CNC(=O)c1c[nH]c(=O)c(NC2=NCCN2)c1)c1cc(Cl)cc(Cl)c1O.O=C(O)c1c[nH]c(=O)c(NC2=NCCN2)c1. The number of pyridine rings is 5. The van der Waals surface area contributed by atoms with Gasteiger partial charge in [0.2, 0.25) is 5.91 Å². The van der Waals surface area contributed by atoms with Crippen LogP contribution in [0.3, 0.4) is 0 Å². The molecule has 10 rings (SSSR count). The average molecular weight is 1430 g/mol. The average Bonchev–Trinajstić information content (AvgIpc) is 1.53. The van der Waals surface area contributed by atoms with Gasteiger partial charge in [0.15, 0.2) is 34.8 Å². The summed E-state index contributed by atoms with van der Waals surface area (Å²) in [6, 6.07) is 8.22. The number of carboxylic acid groups (broad SMARTS) is 2. The van der Waals surface area contributed by atoms with E-state index in [9.17, 15) is 67.7 Å². The molecule has 38 nitrogen and oxygen atoms in total. The number of nitrogens with zero attached hydrogens (tertiary/aromatic N) is 5. The number of esters is 2. The number of amides is 2. The van der Waals surface area contributed by atoms with E-state index in [0.717, 1.165) is 19.3 Å². The Morgan fingerprint density at radius 2 is 0.980 bits per heavy atom. The molecule has 2 amide bonds. The first kappa shape index (κ1) is 75.8. The monoisotopic (exact) mass is 1430 g/mol. The molecule has 524 valence electrons. The molecular formula is C58H65Cl2N21O17S. The summed E-state index contributed by atoms with van der Waals surface area (Å²) in [5, 5.41) is 56.2. The molecule has 1 atom stereocenters. The molecule has 41 heteroatoms. The number of phenolic OH excluding ortho intramolecular Hbond substituents is 1. The number of hydrogen-bond acceptors (Lipinski definition) is 29. The van der Waals surface area contributed by atoms with E-state index in [1.807, 2.05) is 0 Å². The fraction of sp³-hybridized carbons (Fsp3) is 0.259. The van der Waals surface area contributed by atoms with Crippen molar-refractivity contribution in [2.45, 2.75) is 19.4 Å². The third-order valence-electron chi connectivity index (χ3n) is 13.0. The van der Waals surface area contributed by atoms with Crippen molar-refractivity contribution in [1.82, 2.24) is 56.8 Å². The number of ketones is 1. The van der Waals surface area contributed by atoms with Crippen LogP contribution in [-0.2, 0) is 19.1 Å². The summed E-state index contributed by atoms with van der Waals surface area (Å²) in [5.74, 6) is -3.35. The number of aromatic hydroxyl groups is 1. The fourth-order valence-corrected chi connectivity index (χ4v) is 8.86. The molecule has 0 aliphatic carbocycles. The third kappa shape index (κ3) is 23.6. The zero-order chi connectivity index (χ0) is 72.3. The van der Waals surface area contributed by atoms with Gasteiger partial charge in [-0.3, -0.25) is 63.1 Å². The van der Waals surface area contributed by atoms with Crippen molar-refractivity contribution in [1.29, 1.82) is 0 Å². The maximum absolute atomic E-state index is 12.5. The largest absolute Gasteiger partial charge is 0.506 e. The Morgan fingerprint density at radius 3 is 1.38 bits per heavy atom. The molecule has 0 spiro atoms. The molecule has 4 aliphatic heterocycles. The number of aliphatic imine (C=N–C) groups is 5. The Labute approximate surface area is 571 Å². The van der Waals surface area contributed by atoms with E-state index < -0.39 is 71.6 Å². The van der Waals surface area contributed by atoms with E-state index in [2.05, 4.69) is 113 Å². The van der Waals surface area contributed by atoms with Crippen molar-refractivity contribution in [3.05, 3.63) is 169 Å². The predicted octanol–water partition coefficient (Wildman–Crippen LogP) is 0.217. The first-order valence-corrected chi connectivity index (χ1v) is 30.8. The van der Waals surface area contributed by atoms with E-state index in [1.54, 1.807) is 6.26 Å². The van der Waals surface area contributed by atoms with Gasteiger partial charge in [-0.05, 0) is 55.6 Å². The number of thioether (sulfide) groups is 1. The summed E-state index contributed by atoms with van der Waals surface area (Å²) in [5.41, 5.74) is 5.54. The van der Waals surface area contributed by atoms with Gasteiger partial charge in [-0.25, -0.2) is 19.4 Å².